The maximum absolute atomic E-state index is 12.8. The number of benzene rings is 3. The van der Waals surface area contributed by atoms with Gasteiger partial charge in [0, 0.05) is 23.5 Å². The van der Waals surface area contributed by atoms with Crippen LogP contribution in [0.1, 0.15) is 10.4 Å². The second-order valence-electron chi connectivity index (χ2n) is 5.99. The van der Waals surface area contributed by atoms with E-state index >= 15 is 0 Å². The number of hydrogen-bond donors (Lipinski definition) is 2. The number of carbonyl (C=O) groups excluding carboxylic acids is 1. The van der Waals surface area contributed by atoms with Crippen molar-refractivity contribution in [2.75, 3.05) is 30.9 Å². The summed E-state index contributed by atoms with van der Waals surface area (Å²) in [4.78, 5) is 12.3. The van der Waals surface area contributed by atoms with Gasteiger partial charge in [-0.3, -0.25) is 4.79 Å². The van der Waals surface area contributed by atoms with Crippen LogP contribution in [0, 0.1) is 5.82 Å². The molecule has 0 aliphatic carbocycles. The molecule has 0 bridgehead atoms. The molecule has 144 valence electrons. The molecular formula is C22H21FN2O3. The van der Waals surface area contributed by atoms with Gasteiger partial charge in [-0.2, -0.15) is 0 Å². The van der Waals surface area contributed by atoms with E-state index in [9.17, 15) is 9.18 Å². The van der Waals surface area contributed by atoms with Crippen LogP contribution in [-0.4, -0.2) is 26.2 Å². The van der Waals surface area contributed by atoms with Crippen molar-refractivity contribution in [3.05, 3.63) is 84.2 Å². The van der Waals surface area contributed by atoms with E-state index in [-0.39, 0.29) is 11.7 Å². The van der Waals surface area contributed by atoms with Crippen LogP contribution in [0.5, 0.6) is 11.5 Å². The zero-order chi connectivity index (χ0) is 19.8. The number of halogens is 1. The third-order valence-electron chi connectivity index (χ3n) is 4.01. The molecule has 0 unspecified atom stereocenters. The van der Waals surface area contributed by atoms with Crippen molar-refractivity contribution in [3.8, 4) is 11.5 Å². The number of ether oxygens (including phenoxy) is 2. The van der Waals surface area contributed by atoms with Crippen molar-refractivity contribution < 1.29 is 18.7 Å². The van der Waals surface area contributed by atoms with Gasteiger partial charge in [-0.15, -0.1) is 0 Å². The maximum Gasteiger partial charge on any atom is 0.255 e. The third-order valence-corrected chi connectivity index (χ3v) is 4.01. The molecule has 3 aromatic rings. The Labute approximate surface area is 163 Å². The van der Waals surface area contributed by atoms with Crippen LogP contribution in [0.15, 0.2) is 72.8 Å². The molecule has 0 saturated carbocycles. The lowest BCUT2D eigenvalue weighted by Gasteiger charge is -2.10. The van der Waals surface area contributed by atoms with Crippen molar-refractivity contribution in [3.63, 3.8) is 0 Å². The van der Waals surface area contributed by atoms with Crippen molar-refractivity contribution in [1.82, 2.24) is 0 Å². The Morgan fingerprint density at radius 2 is 1.46 bits per heavy atom. The van der Waals surface area contributed by atoms with Gasteiger partial charge in [0.05, 0.1) is 7.11 Å². The summed E-state index contributed by atoms with van der Waals surface area (Å²) >= 11 is 0. The molecule has 3 rings (SSSR count). The number of methoxy groups -OCH3 is 1. The highest BCUT2D eigenvalue weighted by molar-refractivity contribution is 6.04. The van der Waals surface area contributed by atoms with E-state index in [1.165, 1.54) is 12.1 Å². The summed E-state index contributed by atoms with van der Waals surface area (Å²) in [6.07, 6.45) is 0. The largest absolute Gasteiger partial charge is 0.497 e. The number of carbonyl (C=O) groups is 1. The second-order valence-corrected chi connectivity index (χ2v) is 5.99. The van der Waals surface area contributed by atoms with Gasteiger partial charge in [0.25, 0.3) is 5.91 Å². The van der Waals surface area contributed by atoms with Crippen molar-refractivity contribution in [2.24, 2.45) is 0 Å². The Morgan fingerprint density at radius 3 is 2.11 bits per heavy atom. The summed E-state index contributed by atoms with van der Waals surface area (Å²) in [5.41, 5.74) is 2.14. The van der Waals surface area contributed by atoms with E-state index in [0.717, 1.165) is 11.4 Å². The van der Waals surface area contributed by atoms with Crippen LogP contribution in [0.2, 0.25) is 0 Å². The summed E-state index contributed by atoms with van der Waals surface area (Å²) in [6.45, 7) is 1.01. The van der Waals surface area contributed by atoms with E-state index < -0.39 is 0 Å². The van der Waals surface area contributed by atoms with E-state index in [1.807, 2.05) is 12.1 Å². The van der Waals surface area contributed by atoms with Crippen molar-refractivity contribution in [2.45, 2.75) is 0 Å². The predicted molar refractivity (Wildman–Crippen MR) is 108 cm³/mol. The molecule has 0 saturated heterocycles. The normalized spacial score (nSPS) is 10.2. The predicted octanol–water partition coefficient (Wildman–Crippen LogP) is 4.58. The molecule has 6 heteroatoms. The molecular weight excluding hydrogens is 359 g/mol. The number of anilines is 2. The summed E-state index contributed by atoms with van der Waals surface area (Å²) in [6, 6.07) is 20.2. The van der Waals surface area contributed by atoms with Gasteiger partial charge in [-0.05, 0) is 72.8 Å². The van der Waals surface area contributed by atoms with Crippen LogP contribution >= 0.6 is 0 Å². The maximum atomic E-state index is 12.8. The van der Waals surface area contributed by atoms with Crippen LogP contribution in [0.3, 0.4) is 0 Å². The topological polar surface area (TPSA) is 59.6 Å². The summed E-state index contributed by atoms with van der Waals surface area (Å²) in [7, 11) is 1.60. The fraction of sp³-hybridized carbons (Fsp3) is 0.136. The molecule has 0 aliphatic rings. The van der Waals surface area contributed by atoms with Gasteiger partial charge in [0.15, 0.2) is 0 Å². The van der Waals surface area contributed by atoms with Gasteiger partial charge >= 0.3 is 0 Å². The first-order chi connectivity index (χ1) is 13.6. The van der Waals surface area contributed by atoms with E-state index in [4.69, 9.17) is 9.47 Å². The van der Waals surface area contributed by atoms with Crippen molar-refractivity contribution in [1.29, 1.82) is 0 Å². The number of nitrogens with one attached hydrogen (secondary N) is 2. The highest BCUT2D eigenvalue weighted by atomic mass is 19.1. The number of rotatable bonds is 8. The Hall–Kier alpha value is -3.54. The molecule has 3 aromatic carbocycles. The Bertz CT molecular complexity index is 895. The van der Waals surface area contributed by atoms with Crippen LogP contribution in [-0.2, 0) is 0 Å². The molecule has 0 radical (unpaired) electrons. The molecule has 28 heavy (non-hydrogen) atoms. The summed E-state index contributed by atoms with van der Waals surface area (Å²) in [5.74, 6) is 0.878. The number of hydrogen-bond acceptors (Lipinski definition) is 4. The summed E-state index contributed by atoms with van der Waals surface area (Å²) < 4.78 is 23.5. The lowest BCUT2D eigenvalue weighted by molar-refractivity contribution is 0.102. The SMILES string of the molecule is COc1ccc(NC(=O)c2ccc(NCCOc3ccc(F)cc3)cc2)cc1. The molecule has 5 nitrogen and oxygen atoms in total. The monoisotopic (exact) mass is 380 g/mol. The fourth-order valence-electron chi connectivity index (χ4n) is 2.51. The molecule has 2 N–H and O–H groups in total. The standard InChI is InChI=1S/C22H21FN2O3/c1-27-20-12-8-19(9-13-20)25-22(26)16-2-6-18(7-3-16)24-14-15-28-21-10-4-17(23)5-11-21/h2-13,24H,14-15H2,1H3,(H,25,26). The fourth-order valence-corrected chi connectivity index (χ4v) is 2.51. The third kappa shape index (κ3) is 5.48. The van der Waals surface area contributed by atoms with Crippen LogP contribution in [0.25, 0.3) is 0 Å². The van der Waals surface area contributed by atoms with E-state index in [1.54, 1.807) is 55.6 Å². The lowest BCUT2D eigenvalue weighted by Crippen LogP contribution is -2.13. The van der Waals surface area contributed by atoms with E-state index in [0.29, 0.717) is 30.2 Å². The molecule has 0 aliphatic heterocycles. The summed E-state index contributed by atoms with van der Waals surface area (Å²) in [5, 5.41) is 6.05. The first kappa shape index (κ1) is 19.2. The highest BCUT2D eigenvalue weighted by Gasteiger charge is 2.06. The van der Waals surface area contributed by atoms with E-state index in [2.05, 4.69) is 10.6 Å². The highest BCUT2D eigenvalue weighted by Crippen LogP contribution is 2.17. The average molecular weight is 380 g/mol. The van der Waals surface area contributed by atoms with Gasteiger partial charge in [-0.25, -0.2) is 4.39 Å². The Balaban J connectivity index is 1.45. The molecule has 0 spiro atoms. The molecule has 0 fully saturated rings. The minimum atomic E-state index is -0.290. The van der Waals surface area contributed by atoms with Gasteiger partial charge in [0.2, 0.25) is 0 Å². The van der Waals surface area contributed by atoms with Crippen LogP contribution < -0.4 is 20.1 Å². The second kappa shape index (κ2) is 9.41. The van der Waals surface area contributed by atoms with Gasteiger partial charge in [0.1, 0.15) is 23.9 Å². The van der Waals surface area contributed by atoms with Crippen LogP contribution in [0.4, 0.5) is 15.8 Å². The zero-order valence-corrected chi connectivity index (χ0v) is 15.4. The Kier molecular flexibility index (Phi) is 6.46. The average Bonchev–Trinajstić information content (AvgIpc) is 2.73. The van der Waals surface area contributed by atoms with Gasteiger partial charge in [-0.1, -0.05) is 0 Å². The van der Waals surface area contributed by atoms with Crippen molar-refractivity contribution >= 4 is 17.3 Å². The lowest BCUT2D eigenvalue weighted by atomic mass is 10.2. The zero-order valence-electron chi connectivity index (χ0n) is 15.4. The van der Waals surface area contributed by atoms with Gasteiger partial charge < -0.3 is 20.1 Å². The molecule has 0 aromatic heterocycles. The minimum Gasteiger partial charge on any atom is -0.497 e. The molecule has 0 atom stereocenters. The first-order valence-corrected chi connectivity index (χ1v) is 8.82. The minimum absolute atomic E-state index is 0.184. The smallest absolute Gasteiger partial charge is 0.255 e. The first-order valence-electron chi connectivity index (χ1n) is 8.82. The number of amides is 1. The Morgan fingerprint density at radius 1 is 0.857 bits per heavy atom. The quantitative estimate of drug-likeness (QED) is 0.562. The molecule has 0 heterocycles. The molecule has 1 amide bonds.